The topological polar surface area (TPSA) is 17.3 Å². The molecule has 2 nitrogen and oxygen atoms in total. The lowest BCUT2D eigenvalue weighted by atomic mass is 10.1. The molecule has 0 aliphatic carbocycles. The normalized spacial score (nSPS) is 10.9. The van der Waals surface area contributed by atoms with Crippen LogP contribution in [0.3, 0.4) is 0 Å². The van der Waals surface area contributed by atoms with Crippen molar-refractivity contribution in [1.82, 2.24) is 9.38 Å². The molecule has 0 saturated carbocycles. The number of hydrogen-bond acceptors (Lipinski definition) is 1. The molecule has 0 N–H and O–H groups in total. The molecule has 0 amide bonds. The first-order valence-electron chi connectivity index (χ1n) is 5.44. The van der Waals surface area contributed by atoms with E-state index < -0.39 is 0 Å². The van der Waals surface area contributed by atoms with Crippen LogP contribution < -0.4 is 0 Å². The second-order valence-electron chi connectivity index (χ2n) is 4.05. The number of fused-ring (bicyclic) bond motifs is 1. The number of halogens is 1. The van der Waals surface area contributed by atoms with Crippen LogP contribution >= 0.6 is 11.6 Å². The third kappa shape index (κ3) is 1.81. The fourth-order valence-electron chi connectivity index (χ4n) is 1.93. The van der Waals surface area contributed by atoms with Gasteiger partial charge in [0.15, 0.2) is 0 Å². The Bertz CT molecular complexity index is 653. The molecule has 2 heterocycles. The van der Waals surface area contributed by atoms with Gasteiger partial charge in [0, 0.05) is 23.0 Å². The first kappa shape index (κ1) is 10.4. The Morgan fingerprint density at radius 2 is 2.06 bits per heavy atom. The molecule has 3 heteroatoms. The Kier molecular flexibility index (Phi) is 2.37. The third-order valence-electron chi connectivity index (χ3n) is 2.84. The Morgan fingerprint density at radius 3 is 2.88 bits per heavy atom. The highest BCUT2D eigenvalue weighted by atomic mass is 35.5. The van der Waals surface area contributed by atoms with Crippen molar-refractivity contribution in [2.45, 2.75) is 6.92 Å². The summed E-state index contributed by atoms with van der Waals surface area (Å²) in [5.74, 6) is 0. The molecule has 0 spiro atoms. The summed E-state index contributed by atoms with van der Waals surface area (Å²) >= 11 is 6.03. The van der Waals surface area contributed by atoms with Crippen molar-refractivity contribution in [3.8, 4) is 11.3 Å². The molecule has 0 radical (unpaired) electrons. The summed E-state index contributed by atoms with van der Waals surface area (Å²) in [6, 6.07) is 11.8. The first-order valence-corrected chi connectivity index (χ1v) is 5.82. The highest BCUT2D eigenvalue weighted by Gasteiger charge is 2.07. The standard InChI is InChI=1S/C14H11ClN2/c1-10-5-6-11(15)8-12(10)13-9-17-7-3-2-4-14(17)16-13/h2-9H,1H3. The molecule has 3 rings (SSSR count). The van der Waals surface area contributed by atoms with Gasteiger partial charge in [0.1, 0.15) is 5.65 Å². The number of aryl methyl sites for hydroxylation is 1. The van der Waals surface area contributed by atoms with Crippen molar-refractivity contribution < 1.29 is 0 Å². The van der Waals surface area contributed by atoms with Crippen LogP contribution in [0.2, 0.25) is 5.02 Å². The zero-order valence-corrected chi connectivity index (χ0v) is 10.1. The van der Waals surface area contributed by atoms with E-state index in [-0.39, 0.29) is 0 Å². The maximum Gasteiger partial charge on any atom is 0.137 e. The smallest absolute Gasteiger partial charge is 0.137 e. The van der Waals surface area contributed by atoms with Crippen LogP contribution in [0.25, 0.3) is 16.9 Å². The predicted molar refractivity (Wildman–Crippen MR) is 70.4 cm³/mol. The predicted octanol–water partition coefficient (Wildman–Crippen LogP) is 3.96. The van der Waals surface area contributed by atoms with Crippen molar-refractivity contribution in [3.63, 3.8) is 0 Å². The lowest BCUT2D eigenvalue weighted by Crippen LogP contribution is -1.82. The molecule has 0 unspecified atom stereocenters. The van der Waals surface area contributed by atoms with E-state index in [4.69, 9.17) is 11.6 Å². The van der Waals surface area contributed by atoms with E-state index in [0.717, 1.165) is 21.9 Å². The molecule has 0 atom stereocenters. The summed E-state index contributed by atoms with van der Waals surface area (Å²) in [5, 5.41) is 0.739. The molecule has 17 heavy (non-hydrogen) atoms. The highest BCUT2D eigenvalue weighted by molar-refractivity contribution is 6.30. The Balaban J connectivity index is 2.23. The van der Waals surface area contributed by atoms with Crippen LogP contribution in [-0.2, 0) is 0 Å². The molecule has 2 aromatic heterocycles. The van der Waals surface area contributed by atoms with Crippen LogP contribution in [0.1, 0.15) is 5.56 Å². The van der Waals surface area contributed by atoms with Gasteiger partial charge in [-0.15, -0.1) is 0 Å². The summed E-state index contributed by atoms with van der Waals surface area (Å²) in [6.45, 7) is 2.07. The van der Waals surface area contributed by atoms with E-state index in [2.05, 4.69) is 11.9 Å². The van der Waals surface area contributed by atoms with Gasteiger partial charge in [-0.2, -0.15) is 0 Å². The average Bonchev–Trinajstić information content (AvgIpc) is 2.75. The second kappa shape index (κ2) is 3.90. The summed E-state index contributed by atoms with van der Waals surface area (Å²) in [7, 11) is 0. The highest BCUT2D eigenvalue weighted by Crippen LogP contribution is 2.26. The molecular formula is C14H11ClN2. The quantitative estimate of drug-likeness (QED) is 0.631. The second-order valence-corrected chi connectivity index (χ2v) is 4.49. The molecule has 0 bridgehead atoms. The van der Waals surface area contributed by atoms with E-state index in [9.17, 15) is 0 Å². The summed E-state index contributed by atoms with van der Waals surface area (Å²) in [6.07, 6.45) is 4.01. The average molecular weight is 243 g/mol. The van der Waals surface area contributed by atoms with Crippen LogP contribution in [0.15, 0.2) is 48.8 Å². The zero-order valence-electron chi connectivity index (χ0n) is 9.39. The number of pyridine rings is 1. The molecule has 3 aromatic rings. The van der Waals surface area contributed by atoms with Gasteiger partial charge in [0.05, 0.1) is 5.69 Å². The van der Waals surface area contributed by atoms with E-state index >= 15 is 0 Å². The maximum atomic E-state index is 6.03. The minimum Gasteiger partial charge on any atom is -0.306 e. The SMILES string of the molecule is Cc1ccc(Cl)cc1-c1cn2ccccc2n1. The summed E-state index contributed by atoms with van der Waals surface area (Å²) in [5.41, 5.74) is 4.16. The van der Waals surface area contributed by atoms with Gasteiger partial charge in [-0.3, -0.25) is 0 Å². The molecule has 1 aromatic carbocycles. The molecular weight excluding hydrogens is 232 g/mol. The maximum absolute atomic E-state index is 6.03. The van der Waals surface area contributed by atoms with Crippen LogP contribution in [0.5, 0.6) is 0 Å². The zero-order chi connectivity index (χ0) is 11.8. The fraction of sp³-hybridized carbons (Fsp3) is 0.0714. The van der Waals surface area contributed by atoms with Crippen molar-refractivity contribution in [1.29, 1.82) is 0 Å². The Morgan fingerprint density at radius 1 is 1.18 bits per heavy atom. The largest absolute Gasteiger partial charge is 0.306 e. The van der Waals surface area contributed by atoms with E-state index in [0.29, 0.717) is 0 Å². The minimum absolute atomic E-state index is 0.739. The molecule has 0 aliphatic rings. The van der Waals surface area contributed by atoms with Crippen LogP contribution in [-0.4, -0.2) is 9.38 Å². The number of imidazole rings is 1. The number of rotatable bonds is 1. The molecule has 0 fully saturated rings. The number of aromatic nitrogens is 2. The first-order chi connectivity index (χ1) is 8.24. The van der Waals surface area contributed by atoms with Crippen LogP contribution in [0.4, 0.5) is 0 Å². The lowest BCUT2D eigenvalue weighted by Gasteiger charge is -2.02. The number of benzene rings is 1. The van der Waals surface area contributed by atoms with Gasteiger partial charge >= 0.3 is 0 Å². The van der Waals surface area contributed by atoms with Gasteiger partial charge in [-0.05, 0) is 36.8 Å². The third-order valence-corrected chi connectivity index (χ3v) is 3.07. The molecule has 0 aliphatic heterocycles. The Hall–Kier alpha value is -1.80. The Labute approximate surface area is 104 Å². The van der Waals surface area contributed by atoms with Gasteiger partial charge in [0.25, 0.3) is 0 Å². The van der Waals surface area contributed by atoms with Crippen molar-refractivity contribution in [2.24, 2.45) is 0 Å². The van der Waals surface area contributed by atoms with Crippen LogP contribution in [0, 0.1) is 6.92 Å². The number of nitrogens with zero attached hydrogens (tertiary/aromatic N) is 2. The van der Waals surface area contributed by atoms with E-state index in [1.54, 1.807) is 0 Å². The number of hydrogen-bond donors (Lipinski definition) is 0. The molecule has 84 valence electrons. The molecule has 0 saturated heterocycles. The monoisotopic (exact) mass is 242 g/mol. The van der Waals surface area contributed by atoms with E-state index in [1.807, 2.05) is 53.2 Å². The van der Waals surface area contributed by atoms with Crippen molar-refractivity contribution in [3.05, 3.63) is 59.4 Å². The van der Waals surface area contributed by atoms with Gasteiger partial charge in [-0.25, -0.2) is 4.98 Å². The lowest BCUT2D eigenvalue weighted by molar-refractivity contribution is 1.19. The van der Waals surface area contributed by atoms with Gasteiger partial charge in [-0.1, -0.05) is 23.7 Å². The summed E-state index contributed by atoms with van der Waals surface area (Å²) < 4.78 is 2.01. The van der Waals surface area contributed by atoms with E-state index in [1.165, 1.54) is 5.56 Å². The minimum atomic E-state index is 0.739. The summed E-state index contributed by atoms with van der Waals surface area (Å²) in [4.78, 5) is 4.59. The fourth-order valence-corrected chi connectivity index (χ4v) is 2.11. The van der Waals surface area contributed by atoms with Crippen molar-refractivity contribution in [2.75, 3.05) is 0 Å². The van der Waals surface area contributed by atoms with Crippen molar-refractivity contribution >= 4 is 17.2 Å². The van der Waals surface area contributed by atoms with Gasteiger partial charge in [0.2, 0.25) is 0 Å². The van der Waals surface area contributed by atoms with Gasteiger partial charge < -0.3 is 4.40 Å².